The van der Waals surface area contributed by atoms with E-state index in [1.807, 2.05) is 0 Å². The first-order valence-corrected chi connectivity index (χ1v) is 19.4. The SMILES string of the molecule is CC1(C)c2ccccc2-c2ccc(-c3ccc(N(c4ccc(-c5ccccc5)cc4)c4ccc5c6c(cccc46)C54c5cccc6cccc4c56)cc3)cc21. The van der Waals surface area contributed by atoms with Crippen LogP contribution >= 0.6 is 0 Å². The lowest BCUT2D eigenvalue weighted by molar-refractivity contribution is 0.660. The van der Waals surface area contributed by atoms with Crippen LogP contribution in [0.2, 0.25) is 0 Å². The molecule has 55 heavy (non-hydrogen) atoms. The molecule has 0 saturated heterocycles. The average Bonchev–Trinajstić information content (AvgIpc) is 3.46. The normalized spacial score (nSPS) is 14.7. The quantitative estimate of drug-likeness (QED) is 0.173. The number of hydrogen-bond donors (Lipinski definition) is 0. The first-order valence-electron chi connectivity index (χ1n) is 19.4. The van der Waals surface area contributed by atoms with Crippen LogP contribution in [0.4, 0.5) is 17.1 Å². The molecule has 1 heteroatoms. The Morgan fingerprint density at radius 3 is 1.60 bits per heavy atom. The van der Waals surface area contributed by atoms with Gasteiger partial charge >= 0.3 is 0 Å². The molecule has 0 bridgehead atoms. The molecule has 1 spiro atoms. The van der Waals surface area contributed by atoms with E-state index in [9.17, 15) is 0 Å². The average molecular weight is 700 g/mol. The van der Waals surface area contributed by atoms with Crippen LogP contribution in [0.3, 0.4) is 0 Å². The fourth-order valence-electron chi connectivity index (χ4n) is 10.5. The summed E-state index contributed by atoms with van der Waals surface area (Å²) in [5.74, 6) is 0. The molecule has 0 fully saturated rings. The van der Waals surface area contributed by atoms with E-state index in [0.717, 1.165) is 11.4 Å². The van der Waals surface area contributed by atoms with Gasteiger partial charge in [0.1, 0.15) is 0 Å². The van der Waals surface area contributed by atoms with Crippen LogP contribution in [0.1, 0.15) is 47.2 Å². The molecule has 3 aliphatic carbocycles. The Labute approximate surface area is 321 Å². The fourth-order valence-corrected chi connectivity index (χ4v) is 10.5. The third-order valence-electron chi connectivity index (χ3n) is 13.1. The van der Waals surface area contributed by atoms with Crippen LogP contribution in [0.25, 0.3) is 54.9 Å². The monoisotopic (exact) mass is 699 g/mol. The maximum Gasteiger partial charge on any atom is 0.0726 e. The minimum Gasteiger partial charge on any atom is -0.310 e. The van der Waals surface area contributed by atoms with Crippen molar-refractivity contribution in [2.75, 3.05) is 4.90 Å². The zero-order valence-corrected chi connectivity index (χ0v) is 30.8. The van der Waals surface area contributed by atoms with E-state index >= 15 is 0 Å². The molecule has 12 rings (SSSR count). The Morgan fingerprint density at radius 1 is 0.364 bits per heavy atom. The van der Waals surface area contributed by atoms with E-state index in [1.165, 1.54) is 94.0 Å². The maximum atomic E-state index is 2.45. The van der Waals surface area contributed by atoms with Gasteiger partial charge in [0.05, 0.1) is 11.1 Å². The molecular formula is C54H37N. The molecule has 258 valence electrons. The maximum absolute atomic E-state index is 2.45. The smallest absolute Gasteiger partial charge is 0.0726 e. The van der Waals surface area contributed by atoms with Gasteiger partial charge in [0.25, 0.3) is 0 Å². The number of benzene rings is 9. The molecule has 0 aliphatic heterocycles. The predicted molar refractivity (Wildman–Crippen MR) is 230 cm³/mol. The molecule has 0 radical (unpaired) electrons. The molecule has 0 heterocycles. The van der Waals surface area contributed by atoms with Crippen molar-refractivity contribution in [1.29, 1.82) is 0 Å². The molecule has 3 aliphatic rings. The highest BCUT2D eigenvalue weighted by atomic mass is 15.1. The first-order chi connectivity index (χ1) is 27.0. The summed E-state index contributed by atoms with van der Waals surface area (Å²) in [5.41, 5.74) is 19.4. The fraction of sp³-hybridized carbons (Fsp3) is 0.0741. The lowest BCUT2D eigenvalue weighted by atomic mass is 9.49. The van der Waals surface area contributed by atoms with Gasteiger partial charge in [0, 0.05) is 22.2 Å². The molecule has 0 unspecified atom stereocenters. The third kappa shape index (κ3) is 3.97. The Morgan fingerprint density at radius 2 is 0.891 bits per heavy atom. The Hall–Kier alpha value is -6.70. The second kappa shape index (κ2) is 10.9. The van der Waals surface area contributed by atoms with Gasteiger partial charge in [-0.3, -0.25) is 0 Å². The number of rotatable bonds is 5. The van der Waals surface area contributed by atoms with Crippen molar-refractivity contribution >= 4 is 38.6 Å². The van der Waals surface area contributed by atoms with Crippen molar-refractivity contribution in [3.8, 4) is 33.4 Å². The number of nitrogens with zero attached hydrogens (tertiary/aromatic N) is 1. The molecule has 0 saturated carbocycles. The lowest BCUT2D eigenvalue weighted by Gasteiger charge is -2.52. The lowest BCUT2D eigenvalue weighted by Crippen LogP contribution is -2.43. The third-order valence-corrected chi connectivity index (χ3v) is 13.1. The van der Waals surface area contributed by atoms with Gasteiger partial charge in [0.2, 0.25) is 0 Å². The van der Waals surface area contributed by atoms with Crippen molar-refractivity contribution in [2.45, 2.75) is 24.7 Å². The highest BCUT2D eigenvalue weighted by Gasteiger charge is 2.54. The largest absolute Gasteiger partial charge is 0.310 e. The highest BCUT2D eigenvalue weighted by molar-refractivity contribution is 6.14. The summed E-state index contributed by atoms with van der Waals surface area (Å²) >= 11 is 0. The zero-order chi connectivity index (χ0) is 36.5. The van der Waals surface area contributed by atoms with Gasteiger partial charge in [-0.15, -0.1) is 0 Å². The summed E-state index contributed by atoms with van der Waals surface area (Å²) in [6, 6.07) is 70.1. The van der Waals surface area contributed by atoms with Crippen LogP contribution in [-0.4, -0.2) is 0 Å². The molecule has 0 amide bonds. The molecule has 0 aromatic heterocycles. The molecule has 9 aromatic carbocycles. The molecular weight excluding hydrogens is 663 g/mol. The summed E-state index contributed by atoms with van der Waals surface area (Å²) in [6.45, 7) is 4.71. The minimum absolute atomic E-state index is 0.0334. The summed E-state index contributed by atoms with van der Waals surface area (Å²) in [4.78, 5) is 2.45. The second-order valence-electron chi connectivity index (χ2n) is 16.0. The van der Waals surface area contributed by atoms with Gasteiger partial charge in [-0.2, -0.15) is 0 Å². The van der Waals surface area contributed by atoms with Crippen molar-refractivity contribution in [1.82, 2.24) is 0 Å². The summed E-state index contributed by atoms with van der Waals surface area (Å²) in [5, 5.41) is 5.43. The molecule has 9 aromatic rings. The van der Waals surface area contributed by atoms with Crippen LogP contribution in [-0.2, 0) is 10.8 Å². The van der Waals surface area contributed by atoms with Crippen molar-refractivity contribution in [2.24, 2.45) is 0 Å². The van der Waals surface area contributed by atoms with Gasteiger partial charge in [-0.25, -0.2) is 0 Å². The van der Waals surface area contributed by atoms with Gasteiger partial charge in [-0.1, -0.05) is 166 Å². The molecule has 0 atom stereocenters. The Bertz CT molecular complexity index is 2990. The zero-order valence-electron chi connectivity index (χ0n) is 30.8. The van der Waals surface area contributed by atoms with Crippen molar-refractivity contribution in [3.63, 3.8) is 0 Å². The summed E-state index contributed by atoms with van der Waals surface area (Å²) in [7, 11) is 0. The molecule has 0 N–H and O–H groups in total. The van der Waals surface area contributed by atoms with Crippen LogP contribution < -0.4 is 4.90 Å². The van der Waals surface area contributed by atoms with E-state index in [2.05, 4.69) is 207 Å². The standard InChI is InChI=1S/C54H37N/c1-53(2)44-17-7-6-15-41(44)42-30-25-38(33-49(42)53)36-23-28-40(29-24-36)55(39-26-21-35(22-27-39)34-11-4-3-5-12-34)50-32-31-48-52-43(50)16-10-20-47(52)54(48)45-18-8-13-37-14-9-19-46(54)51(37)45/h3-33H,1-2H3. The van der Waals surface area contributed by atoms with E-state index in [-0.39, 0.29) is 10.8 Å². The van der Waals surface area contributed by atoms with E-state index in [1.54, 1.807) is 0 Å². The van der Waals surface area contributed by atoms with Gasteiger partial charge in [0.15, 0.2) is 0 Å². The summed E-state index contributed by atoms with van der Waals surface area (Å²) in [6.07, 6.45) is 0. The highest BCUT2D eigenvalue weighted by Crippen LogP contribution is 2.65. The summed E-state index contributed by atoms with van der Waals surface area (Å²) < 4.78 is 0. The van der Waals surface area contributed by atoms with E-state index < -0.39 is 0 Å². The van der Waals surface area contributed by atoms with Gasteiger partial charge < -0.3 is 4.90 Å². The Balaban J connectivity index is 0.981. The van der Waals surface area contributed by atoms with E-state index in [4.69, 9.17) is 0 Å². The number of hydrogen-bond acceptors (Lipinski definition) is 1. The van der Waals surface area contributed by atoms with Crippen LogP contribution in [0, 0.1) is 0 Å². The van der Waals surface area contributed by atoms with Crippen molar-refractivity contribution < 1.29 is 0 Å². The van der Waals surface area contributed by atoms with Crippen LogP contribution in [0.5, 0.6) is 0 Å². The minimum atomic E-state index is -0.140. The number of anilines is 3. The Kier molecular flexibility index (Phi) is 6.11. The number of fused-ring (bicyclic) bond motifs is 7. The van der Waals surface area contributed by atoms with Gasteiger partial charge in [-0.05, 0) is 119 Å². The topological polar surface area (TPSA) is 3.24 Å². The van der Waals surface area contributed by atoms with Crippen molar-refractivity contribution in [3.05, 3.63) is 221 Å². The van der Waals surface area contributed by atoms with Crippen LogP contribution in [0.15, 0.2) is 188 Å². The molecule has 1 nitrogen and oxygen atoms in total. The predicted octanol–water partition coefficient (Wildman–Crippen LogP) is 14.1. The first kappa shape index (κ1) is 30.7. The van der Waals surface area contributed by atoms with E-state index in [0.29, 0.717) is 0 Å². The second-order valence-corrected chi connectivity index (χ2v) is 16.0.